The van der Waals surface area contributed by atoms with Gasteiger partial charge in [-0.15, -0.1) is 0 Å². The Bertz CT molecular complexity index is 426. The van der Waals surface area contributed by atoms with Gasteiger partial charge < -0.3 is 4.90 Å². The van der Waals surface area contributed by atoms with E-state index in [2.05, 4.69) is 0 Å². The highest BCUT2D eigenvalue weighted by Gasteiger charge is 2.22. The summed E-state index contributed by atoms with van der Waals surface area (Å²) in [6.45, 7) is 2.32. The summed E-state index contributed by atoms with van der Waals surface area (Å²) >= 11 is 0. The standard InChI is InChI=1S/C14H18FNO/c1-10(17)12-7-4-8-13(15)14(12)16(2)9-11-5-3-6-11/h4,7-8,11H,3,5-6,9H2,1-2H3. The second kappa shape index (κ2) is 4.86. The Morgan fingerprint density at radius 3 is 2.71 bits per heavy atom. The Balaban J connectivity index is 2.25. The van der Waals surface area contributed by atoms with Gasteiger partial charge in [-0.2, -0.15) is 0 Å². The summed E-state index contributed by atoms with van der Waals surface area (Å²) in [7, 11) is 1.86. The van der Waals surface area contributed by atoms with Crippen molar-refractivity contribution >= 4 is 11.5 Å². The summed E-state index contributed by atoms with van der Waals surface area (Å²) in [5.74, 6) is 0.263. The van der Waals surface area contributed by atoms with E-state index < -0.39 is 0 Å². The van der Waals surface area contributed by atoms with Crippen LogP contribution in [0.1, 0.15) is 36.5 Å². The zero-order valence-electron chi connectivity index (χ0n) is 10.4. The average Bonchev–Trinajstić information content (AvgIpc) is 2.22. The van der Waals surface area contributed by atoms with Crippen molar-refractivity contribution in [3.8, 4) is 0 Å². The van der Waals surface area contributed by atoms with Gasteiger partial charge in [0.2, 0.25) is 0 Å². The largest absolute Gasteiger partial charge is 0.371 e. The van der Waals surface area contributed by atoms with Crippen molar-refractivity contribution in [1.82, 2.24) is 0 Å². The highest BCUT2D eigenvalue weighted by molar-refractivity contribution is 5.99. The van der Waals surface area contributed by atoms with Crippen molar-refractivity contribution in [1.29, 1.82) is 0 Å². The second-order valence-corrected chi connectivity index (χ2v) is 4.87. The van der Waals surface area contributed by atoms with E-state index in [9.17, 15) is 9.18 Å². The van der Waals surface area contributed by atoms with E-state index in [0.29, 0.717) is 17.2 Å². The van der Waals surface area contributed by atoms with Crippen LogP contribution in [-0.4, -0.2) is 19.4 Å². The van der Waals surface area contributed by atoms with Gasteiger partial charge in [0.1, 0.15) is 5.82 Å². The van der Waals surface area contributed by atoms with Crippen LogP contribution in [0.4, 0.5) is 10.1 Å². The number of anilines is 1. The minimum atomic E-state index is -0.306. The van der Waals surface area contributed by atoms with Gasteiger partial charge in [0.25, 0.3) is 0 Å². The molecule has 0 unspecified atom stereocenters. The maximum atomic E-state index is 13.8. The number of carbonyl (C=O) groups excluding carboxylic acids is 1. The zero-order valence-corrected chi connectivity index (χ0v) is 10.4. The van der Waals surface area contributed by atoms with Crippen molar-refractivity contribution in [2.75, 3.05) is 18.5 Å². The first-order chi connectivity index (χ1) is 8.09. The normalized spacial score (nSPS) is 15.5. The van der Waals surface area contributed by atoms with Crippen LogP contribution in [-0.2, 0) is 0 Å². The fourth-order valence-corrected chi connectivity index (χ4v) is 2.34. The highest BCUT2D eigenvalue weighted by Crippen LogP contribution is 2.30. The van der Waals surface area contributed by atoms with Gasteiger partial charge in [0.05, 0.1) is 5.69 Å². The lowest BCUT2D eigenvalue weighted by Crippen LogP contribution is -2.30. The topological polar surface area (TPSA) is 20.3 Å². The molecule has 0 aromatic heterocycles. The third-order valence-electron chi connectivity index (χ3n) is 3.50. The number of halogens is 1. The summed E-state index contributed by atoms with van der Waals surface area (Å²) in [6, 6.07) is 4.70. The Labute approximate surface area is 101 Å². The first-order valence-electron chi connectivity index (χ1n) is 6.10. The number of para-hydroxylation sites is 1. The Hall–Kier alpha value is -1.38. The molecule has 3 heteroatoms. The first kappa shape index (κ1) is 12.1. The molecule has 0 heterocycles. The minimum absolute atomic E-state index is 0.0834. The van der Waals surface area contributed by atoms with Gasteiger partial charge >= 0.3 is 0 Å². The zero-order chi connectivity index (χ0) is 12.4. The molecule has 2 nitrogen and oxygen atoms in total. The number of rotatable bonds is 4. The summed E-state index contributed by atoms with van der Waals surface area (Å²) < 4.78 is 13.8. The SMILES string of the molecule is CC(=O)c1cccc(F)c1N(C)CC1CCC1. The molecule has 0 radical (unpaired) electrons. The summed E-state index contributed by atoms with van der Waals surface area (Å²) in [6.07, 6.45) is 3.71. The fraction of sp³-hybridized carbons (Fsp3) is 0.500. The fourth-order valence-electron chi connectivity index (χ4n) is 2.34. The molecule has 92 valence electrons. The number of hydrogen-bond acceptors (Lipinski definition) is 2. The van der Waals surface area contributed by atoms with E-state index in [1.807, 2.05) is 11.9 Å². The molecule has 1 aromatic carbocycles. The van der Waals surface area contributed by atoms with Crippen LogP contribution >= 0.6 is 0 Å². The molecule has 0 bridgehead atoms. The maximum absolute atomic E-state index is 13.8. The van der Waals surface area contributed by atoms with E-state index >= 15 is 0 Å². The van der Waals surface area contributed by atoms with Gasteiger partial charge in [-0.3, -0.25) is 4.79 Å². The molecule has 0 N–H and O–H groups in total. The van der Waals surface area contributed by atoms with Crippen molar-refractivity contribution in [2.45, 2.75) is 26.2 Å². The lowest BCUT2D eigenvalue weighted by molar-refractivity contribution is 0.101. The van der Waals surface area contributed by atoms with Crippen LogP contribution in [0, 0.1) is 11.7 Å². The monoisotopic (exact) mass is 235 g/mol. The number of benzene rings is 1. The third kappa shape index (κ3) is 2.48. The molecule has 1 fully saturated rings. The molecule has 0 atom stereocenters. The Kier molecular flexibility index (Phi) is 3.46. The Morgan fingerprint density at radius 2 is 2.18 bits per heavy atom. The van der Waals surface area contributed by atoms with Crippen molar-refractivity contribution in [3.63, 3.8) is 0 Å². The van der Waals surface area contributed by atoms with Crippen molar-refractivity contribution in [2.24, 2.45) is 5.92 Å². The van der Waals surface area contributed by atoms with Gasteiger partial charge in [-0.25, -0.2) is 4.39 Å². The molecule has 0 saturated heterocycles. The van der Waals surface area contributed by atoms with Crippen LogP contribution in [0.15, 0.2) is 18.2 Å². The summed E-state index contributed by atoms with van der Waals surface area (Å²) in [5, 5.41) is 0. The van der Waals surface area contributed by atoms with Crippen LogP contribution in [0.2, 0.25) is 0 Å². The van der Waals surface area contributed by atoms with Crippen molar-refractivity contribution in [3.05, 3.63) is 29.6 Å². The molecule has 1 aliphatic rings. The lowest BCUT2D eigenvalue weighted by atomic mass is 9.85. The summed E-state index contributed by atoms with van der Waals surface area (Å²) in [5.41, 5.74) is 0.929. The third-order valence-corrected chi connectivity index (χ3v) is 3.50. The second-order valence-electron chi connectivity index (χ2n) is 4.87. The molecule has 1 aromatic rings. The van der Waals surface area contributed by atoms with Gasteiger partial charge in [0, 0.05) is 19.2 Å². The first-order valence-corrected chi connectivity index (χ1v) is 6.10. The molecular formula is C14H18FNO. The average molecular weight is 235 g/mol. The van der Waals surface area contributed by atoms with E-state index in [1.54, 1.807) is 12.1 Å². The van der Waals surface area contributed by atoms with Crippen LogP contribution < -0.4 is 4.90 Å². The molecule has 17 heavy (non-hydrogen) atoms. The number of nitrogens with zero attached hydrogens (tertiary/aromatic N) is 1. The van der Waals surface area contributed by atoms with E-state index in [0.717, 1.165) is 6.54 Å². The molecule has 0 amide bonds. The van der Waals surface area contributed by atoms with Gasteiger partial charge in [-0.05, 0) is 37.8 Å². The summed E-state index contributed by atoms with van der Waals surface area (Å²) in [4.78, 5) is 13.4. The number of carbonyl (C=O) groups is 1. The smallest absolute Gasteiger partial charge is 0.161 e. The van der Waals surface area contributed by atoms with Crippen LogP contribution in [0.3, 0.4) is 0 Å². The van der Waals surface area contributed by atoms with Gasteiger partial charge in [-0.1, -0.05) is 12.5 Å². The number of ketones is 1. The molecule has 0 aliphatic heterocycles. The van der Waals surface area contributed by atoms with Crippen LogP contribution in [0.5, 0.6) is 0 Å². The number of hydrogen-bond donors (Lipinski definition) is 0. The molecule has 2 rings (SSSR count). The molecule has 1 saturated carbocycles. The predicted molar refractivity (Wildman–Crippen MR) is 67.0 cm³/mol. The Morgan fingerprint density at radius 1 is 1.47 bits per heavy atom. The number of Topliss-reactive ketones (excluding diaryl/α,β-unsaturated/α-hetero) is 1. The lowest BCUT2D eigenvalue weighted by Gasteiger charge is -2.32. The molecule has 0 spiro atoms. The molecular weight excluding hydrogens is 217 g/mol. The minimum Gasteiger partial charge on any atom is -0.371 e. The van der Waals surface area contributed by atoms with E-state index in [1.165, 1.54) is 32.3 Å². The molecule has 1 aliphatic carbocycles. The maximum Gasteiger partial charge on any atom is 0.161 e. The van der Waals surface area contributed by atoms with Gasteiger partial charge in [0.15, 0.2) is 5.78 Å². The predicted octanol–water partition coefficient (Wildman–Crippen LogP) is 3.26. The van der Waals surface area contributed by atoms with E-state index in [4.69, 9.17) is 0 Å². The van der Waals surface area contributed by atoms with E-state index in [-0.39, 0.29) is 11.6 Å². The van der Waals surface area contributed by atoms with Crippen molar-refractivity contribution < 1.29 is 9.18 Å². The quantitative estimate of drug-likeness (QED) is 0.746. The van der Waals surface area contributed by atoms with Crippen LogP contribution in [0.25, 0.3) is 0 Å². The highest BCUT2D eigenvalue weighted by atomic mass is 19.1.